The number of ether oxygens (including phenoxy) is 1. The summed E-state index contributed by atoms with van der Waals surface area (Å²) < 4.78 is 5.07. The van der Waals surface area contributed by atoms with Crippen LogP contribution in [-0.4, -0.2) is 31.1 Å². The van der Waals surface area contributed by atoms with Gasteiger partial charge in [-0.05, 0) is 5.92 Å². The van der Waals surface area contributed by atoms with Crippen molar-refractivity contribution >= 4 is 14.0 Å². The fourth-order valence-electron chi connectivity index (χ4n) is 1.17. The number of methoxy groups -OCH3 is 1. The highest BCUT2D eigenvalue weighted by atomic mass is 28.3. The minimum Gasteiger partial charge on any atom is -0.493 e. The van der Waals surface area contributed by atoms with Gasteiger partial charge in [0.05, 0.1) is 25.4 Å². The molecule has 0 saturated heterocycles. The maximum atomic E-state index is 10.9. The van der Waals surface area contributed by atoms with E-state index in [0.29, 0.717) is 17.3 Å². The topological polar surface area (TPSA) is 78.1 Å². The minimum absolute atomic E-state index is 0.0212. The van der Waals surface area contributed by atoms with Crippen molar-refractivity contribution in [1.29, 1.82) is 0 Å². The molecule has 0 aromatic carbocycles. The Bertz CT molecular complexity index is 512. The second kappa shape index (κ2) is 5.64. The van der Waals surface area contributed by atoms with Gasteiger partial charge in [0.2, 0.25) is 11.7 Å². The number of hydrogen-bond acceptors (Lipinski definition) is 4. The molecule has 6 heteroatoms. The maximum absolute atomic E-state index is 10.9. The quantitative estimate of drug-likeness (QED) is 0.644. The molecule has 0 aliphatic heterocycles. The molecular formula is C12H17N3O2Si. The van der Waals surface area contributed by atoms with Gasteiger partial charge in [-0.3, -0.25) is 4.79 Å². The fraction of sp³-hybridized carbons (Fsp3) is 0.417. The first-order valence-electron chi connectivity index (χ1n) is 5.53. The Hall–Kier alpha value is -1.87. The number of amides is 1. The highest BCUT2D eigenvalue weighted by Gasteiger charge is 2.11. The summed E-state index contributed by atoms with van der Waals surface area (Å²) in [5.74, 6) is 3.32. The van der Waals surface area contributed by atoms with Crippen LogP contribution < -0.4 is 10.5 Å². The van der Waals surface area contributed by atoms with E-state index < -0.39 is 14.0 Å². The maximum Gasteiger partial charge on any atom is 0.223 e. The molecule has 0 radical (unpaired) electrons. The summed E-state index contributed by atoms with van der Waals surface area (Å²) >= 11 is 0. The van der Waals surface area contributed by atoms with Gasteiger partial charge >= 0.3 is 0 Å². The first-order chi connectivity index (χ1) is 8.31. The zero-order chi connectivity index (χ0) is 13.8. The van der Waals surface area contributed by atoms with E-state index >= 15 is 0 Å². The second-order valence-corrected chi connectivity index (χ2v) is 9.60. The third kappa shape index (κ3) is 4.55. The Morgan fingerprint density at radius 1 is 1.50 bits per heavy atom. The van der Waals surface area contributed by atoms with Crippen molar-refractivity contribution in [3.63, 3.8) is 0 Å². The smallest absolute Gasteiger partial charge is 0.223 e. The molecule has 1 heterocycles. The van der Waals surface area contributed by atoms with Gasteiger partial charge in [-0.1, -0.05) is 19.6 Å². The molecule has 0 unspecified atom stereocenters. The second-order valence-electron chi connectivity index (χ2n) is 4.85. The average molecular weight is 263 g/mol. The summed E-state index contributed by atoms with van der Waals surface area (Å²) in [7, 11) is 0.0213. The van der Waals surface area contributed by atoms with E-state index in [2.05, 4.69) is 41.1 Å². The van der Waals surface area contributed by atoms with Gasteiger partial charge < -0.3 is 10.5 Å². The summed E-state index contributed by atoms with van der Waals surface area (Å²) in [5.41, 5.74) is 8.79. The monoisotopic (exact) mass is 263 g/mol. The van der Waals surface area contributed by atoms with Crippen LogP contribution in [0.5, 0.6) is 5.75 Å². The molecule has 0 fully saturated rings. The third-order valence-electron chi connectivity index (χ3n) is 1.94. The molecule has 1 aromatic rings. The lowest BCUT2D eigenvalue weighted by Gasteiger charge is -2.06. The van der Waals surface area contributed by atoms with Crippen LogP contribution in [0.2, 0.25) is 19.6 Å². The van der Waals surface area contributed by atoms with Crippen molar-refractivity contribution in [3.8, 4) is 17.2 Å². The summed E-state index contributed by atoms with van der Waals surface area (Å²) in [6.45, 7) is 6.40. The third-order valence-corrected chi connectivity index (χ3v) is 2.82. The van der Waals surface area contributed by atoms with Gasteiger partial charge in [-0.25, -0.2) is 9.97 Å². The number of rotatable bonds is 3. The fourth-order valence-corrected chi connectivity index (χ4v) is 1.66. The summed E-state index contributed by atoms with van der Waals surface area (Å²) in [4.78, 5) is 19.2. The average Bonchev–Trinajstić information content (AvgIpc) is 2.25. The van der Waals surface area contributed by atoms with E-state index in [9.17, 15) is 4.79 Å². The lowest BCUT2D eigenvalue weighted by molar-refractivity contribution is -0.117. The summed E-state index contributed by atoms with van der Waals surface area (Å²) in [6, 6.07) is 0. The predicted molar refractivity (Wildman–Crippen MR) is 71.7 cm³/mol. The molecule has 1 amide bonds. The van der Waals surface area contributed by atoms with Gasteiger partial charge in [0.1, 0.15) is 8.07 Å². The molecule has 1 rings (SSSR count). The first kappa shape index (κ1) is 14.2. The van der Waals surface area contributed by atoms with Crippen molar-refractivity contribution in [2.24, 2.45) is 5.73 Å². The highest BCUT2D eigenvalue weighted by molar-refractivity contribution is 6.83. The van der Waals surface area contributed by atoms with E-state index in [0.717, 1.165) is 0 Å². The van der Waals surface area contributed by atoms with Crippen molar-refractivity contribution in [2.75, 3.05) is 7.11 Å². The molecule has 96 valence electrons. The molecule has 0 saturated carbocycles. The van der Waals surface area contributed by atoms with Gasteiger partial charge in [-0.15, -0.1) is 5.54 Å². The van der Waals surface area contributed by atoms with Gasteiger partial charge in [0.25, 0.3) is 0 Å². The minimum atomic E-state index is -1.48. The zero-order valence-electron chi connectivity index (χ0n) is 11.1. The van der Waals surface area contributed by atoms with Crippen LogP contribution in [0.4, 0.5) is 0 Å². The van der Waals surface area contributed by atoms with Crippen LogP contribution in [0.15, 0.2) is 6.20 Å². The van der Waals surface area contributed by atoms with Gasteiger partial charge in [0.15, 0.2) is 5.75 Å². The highest BCUT2D eigenvalue weighted by Crippen LogP contribution is 2.14. The molecule has 0 bridgehead atoms. The normalized spacial score (nSPS) is 10.4. The Morgan fingerprint density at radius 2 is 2.17 bits per heavy atom. The Labute approximate surface area is 108 Å². The number of primary amides is 1. The lowest BCUT2D eigenvalue weighted by Crippen LogP contribution is -2.17. The molecule has 0 atom stereocenters. The number of hydrogen-bond donors (Lipinski definition) is 1. The molecule has 2 N–H and O–H groups in total. The van der Waals surface area contributed by atoms with Crippen molar-refractivity contribution in [1.82, 2.24) is 9.97 Å². The molecule has 1 aromatic heterocycles. The SMILES string of the molecule is COc1cnc(C#C[Si](C)(C)C)nc1CC(N)=O. The Kier molecular flexibility index (Phi) is 4.45. The van der Waals surface area contributed by atoms with Crippen LogP contribution in [-0.2, 0) is 11.2 Å². The van der Waals surface area contributed by atoms with E-state index in [1.54, 1.807) is 0 Å². The Morgan fingerprint density at radius 3 is 2.67 bits per heavy atom. The van der Waals surface area contributed by atoms with E-state index in [1.807, 2.05) is 0 Å². The number of aromatic nitrogens is 2. The van der Waals surface area contributed by atoms with Crippen LogP contribution >= 0.6 is 0 Å². The van der Waals surface area contributed by atoms with Gasteiger partial charge in [0, 0.05) is 0 Å². The molecule has 0 aliphatic carbocycles. The predicted octanol–water partition coefficient (Wildman–Crippen LogP) is 0.742. The van der Waals surface area contributed by atoms with Crippen LogP contribution in [0.25, 0.3) is 0 Å². The number of carbonyl (C=O) groups excluding carboxylic acids is 1. The first-order valence-corrected chi connectivity index (χ1v) is 9.03. The number of nitrogens with two attached hydrogens (primary N) is 1. The summed E-state index contributed by atoms with van der Waals surface area (Å²) in [5, 5.41) is 0. The molecular weight excluding hydrogens is 246 g/mol. The van der Waals surface area contributed by atoms with E-state index in [1.165, 1.54) is 13.3 Å². The van der Waals surface area contributed by atoms with E-state index in [-0.39, 0.29) is 6.42 Å². The van der Waals surface area contributed by atoms with Crippen molar-refractivity contribution in [2.45, 2.75) is 26.1 Å². The van der Waals surface area contributed by atoms with Crippen LogP contribution in [0.3, 0.4) is 0 Å². The number of carbonyl (C=O) groups is 1. The van der Waals surface area contributed by atoms with Gasteiger partial charge in [-0.2, -0.15) is 0 Å². The standard InChI is InChI=1S/C12H17N3O2Si/c1-17-10-8-14-12(5-6-18(2,3)4)15-9(10)7-11(13)16/h8H,7H2,1-4H3,(H2,13,16). The van der Waals surface area contributed by atoms with Crippen LogP contribution in [0, 0.1) is 11.5 Å². The lowest BCUT2D eigenvalue weighted by atomic mass is 10.2. The molecule has 5 nitrogen and oxygen atoms in total. The van der Waals surface area contributed by atoms with E-state index in [4.69, 9.17) is 10.5 Å². The van der Waals surface area contributed by atoms with Crippen molar-refractivity contribution < 1.29 is 9.53 Å². The Balaban J connectivity index is 3.09. The van der Waals surface area contributed by atoms with Crippen molar-refractivity contribution in [3.05, 3.63) is 17.7 Å². The molecule has 18 heavy (non-hydrogen) atoms. The number of nitrogens with zero attached hydrogens (tertiary/aromatic N) is 2. The molecule has 0 spiro atoms. The molecule has 0 aliphatic rings. The largest absolute Gasteiger partial charge is 0.493 e. The zero-order valence-corrected chi connectivity index (χ0v) is 12.1. The van der Waals surface area contributed by atoms with Crippen LogP contribution in [0.1, 0.15) is 11.5 Å². The summed E-state index contributed by atoms with van der Waals surface area (Å²) in [6.07, 6.45) is 1.53.